The fraction of sp³-hybridized carbons (Fsp3) is 0.625. The zero-order valence-corrected chi connectivity index (χ0v) is 11.4. The molecule has 3 unspecified atom stereocenters. The van der Waals surface area contributed by atoms with E-state index < -0.39 is 0 Å². The van der Waals surface area contributed by atoms with E-state index in [1.54, 1.807) is 0 Å². The van der Waals surface area contributed by atoms with Crippen LogP contribution in [0.2, 0.25) is 0 Å². The molecule has 3 atom stereocenters. The molecule has 1 nitrogen and oxygen atoms in total. The molecule has 94 valence electrons. The summed E-state index contributed by atoms with van der Waals surface area (Å²) in [7, 11) is 0. The molecule has 0 heterocycles. The third kappa shape index (κ3) is 3.24. The van der Waals surface area contributed by atoms with Crippen molar-refractivity contribution in [2.75, 3.05) is 5.32 Å². The normalized spacial score (nSPS) is 25.8. The van der Waals surface area contributed by atoms with Gasteiger partial charge in [0.25, 0.3) is 0 Å². The molecule has 0 spiro atoms. The van der Waals surface area contributed by atoms with Crippen LogP contribution in [0.1, 0.15) is 57.9 Å². The van der Waals surface area contributed by atoms with Crippen LogP contribution >= 0.6 is 0 Å². The summed E-state index contributed by atoms with van der Waals surface area (Å²) in [4.78, 5) is 0. The first-order valence-corrected chi connectivity index (χ1v) is 7.05. The molecular formula is C16H25N. The highest BCUT2D eigenvalue weighted by Crippen LogP contribution is 2.28. The van der Waals surface area contributed by atoms with Crippen LogP contribution in [0.5, 0.6) is 0 Å². The summed E-state index contributed by atoms with van der Waals surface area (Å²) >= 11 is 0. The summed E-state index contributed by atoms with van der Waals surface area (Å²) < 4.78 is 0. The topological polar surface area (TPSA) is 12.0 Å². The molecule has 0 amide bonds. The quantitative estimate of drug-likeness (QED) is 0.784. The van der Waals surface area contributed by atoms with E-state index in [1.807, 2.05) is 0 Å². The highest BCUT2D eigenvalue weighted by atomic mass is 14.9. The first-order chi connectivity index (χ1) is 8.19. The Kier molecular flexibility index (Phi) is 4.09. The average molecular weight is 231 g/mol. The fourth-order valence-corrected chi connectivity index (χ4v) is 2.72. The number of nitrogens with one attached hydrogen (secondary N) is 1. The lowest BCUT2D eigenvalue weighted by atomic mass is 9.98. The molecule has 2 rings (SSSR count). The van der Waals surface area contributed by atoms with Gasteiger partial charge in [0, 0.05) is 11.7 Å². The van der Waals surface area contributed by atoms with E-state index in [0.717, 1.165) is 5.92 Å². The van der Waals surface area contributed by atoms with E-state index in [-0.39, 0.29) is 0 Å². The van der Waals surface area contributed by atoms with E-state index in [4.69, 9.17) is 0 Å². The highest BCUT2D eigenvalue weighted by Gasteiger charge is 2.20. The van der Waals surface area contributed by atoms with E-state index in [9.17, 15) is 0 Å². The molecule has 0 aliphatic heterocycles. The average Bonchev–Trinajstić information content (AvgIpc) is 2.75. The molecule has 0 saturated heterocycles. The van der Waals surface area contributed by atoms with Crippen molar-refractivity contribution in [1.29, 1.82) is 0 Å². The maximum atomic E-state index is 3.66. The van der Waals surface area contributed by atoms with Crippen LogP contribution in [-0.2, 0) is 0 Å². The van der Waals surface area contributed by atoms with E-state index in [1.165, 1.54) is 36.9 Å². The molecule has 1 heteroatoms. The Hall–Kier alpha value is -0.980. The minimum absolute atomic E-state index is 0.676. The third-order valence-electron chi connectivity index (χ3n) is 4.16. The number of hydrogen-bond donors (Lipinski definition) is 1. The first-order valence-electron chi connectivity index (χ1n) is 7.05. The fourth-order valence-electron chi connectivity index (χ4n) is 2.72. The Morgan fingerprint density at radius 3 is 2.47 bits per heavy atom. The maximum absolute atomic E-state index is 3.66. The third-order valence-corrected chi connectivity index (χ3v) is 4.16. The van der Waals surface area contributed by atoms with Gasteiger partial charge in [0.15, 0.2) is 0 Å². The predicted molar refractivity (Wildman–Crippen MR) is 75.6 cm³/mol. The van der Waals surface area contributed by atoms with Gasteiger partial charge in [0.05, 0.1) is 0 Å². The largest absolute Gasteiger partial charge is 0.382 e. The lowest BCUT2D eigenvalue weighted by Gasteiger charge is -2.15. The van der Waals surface area contributed by atoms with Crippen LogP contribution in [0.25, 0.3) is 0 Å². The maximum Gasteiger partial charge on any atom is 0.0342 e. The second-order valence-corrected chi connectivity index (χ2v) is 5.69. The van der Waals surface area contributed by atoms with E-state index in [0.29, 0.717) is 12.0 Å². The molecule has 1 aliphatic carbocycles. The van der Waals surface area contributed by atoms with Crippen LogP contribution in [0.15, 0.2) is 24.3 Å². The minimum Gasteiger partial charge on any atom is -0.382 e. The molecule has 1 aromatic rings. The standard InChI is InChI=1S/C16H25N/c1-4-13(3)14-6-9-15(10-7-14)17-16-8-5-12(2)11-16/h6-7,9-10,12-13,16-17H,4-5,8,11H2,1-3H3. The Morgan fingerprint density at radius 1 is 1.24 bits per heavy atom. The summed E-state index contributed by atoms with van der Waals surface area (Å²) in [5, 5.41) is 3.66. The van der Waals surface area contributed by atoms with E-state index >= 15 is 0 Å². The van der Waals surface area contributed by atoms with Gasteiger partial charge in [-0.15, -0.1) is 0 Å². The zero-order valence-electron chi connectivity index (χ0n) is 11.4. The van der Waals surface area contributed by atoms with Crippen molar-refractivity contribution >= 4 is 5.69 Å². The van der Waals surface area contributed by atoms with Crippen LogP contribution in [0.3, 0.4) is 0 Å². The molecule has 1 saturated carbocycles. The van der Waals surface area contributed by atoms with Gasteiger partial charge in [0.2, 0.25) is 0 Å². The Morgan fingerprint density at radius 2 is 1.94 bits per heavy atom. The van der Waals surface area contributed by atoms with Gasteiger partial charge in [0.1, 0.15) is 0 Å². The molecule has 1 aromatic carbocycles. The van der Waals surface area contributed by atoms with Crippen molar-refractivity contribution in [3.63, 3.8) is 0 Å². The molecule has 0 bridgehead atoms. The molecule has 1 N–H and O–H groups in total. The van der Waals surface area contributed by atoms with E-state index in [2.05, 4.69) is 50.4 Å². The van der Waals surface area contributed by atoms with Crippen LogP contribution in [-0.4, -0.2) is 6.04 Å². The Labute approximate surface area is 106 Å². The predicted octanol–water partition coefficient (Wildman–Crippen LogP) is 4.80. The van der Waals surface area contributed by atoms with Crippen LogP contribution < -0.4 is 5.32 Å². The number of rotatable bonds is 4. The molecule has 17 heavy (non-hydrogen) atoms. The smallest absolute Gasteiger partial charge is 0.0342 e. The summed E-state index contributed by atoms with van der Waals surface area (Å²) in [6, 6.07) is 9.72. The zero-order chi connectivity index (χ0) is 12.3. The molecule has 0 radical (unpaired) electrons. The lowest BCUT2D eigenvalue weighted by molar-refractivity contribution is 0.602. The highest BCUT2D eigenvalue weighted by molar-refractivity contribution is 5.46. The van der Waals surface area contributed by atoms with Crippen LogP contribution in [0.4, 0.5) is 5.69 Å². The summed E-state index contributed by atoms with van der Waals surface area (Å²) in [6.07, 6.45) is 5.25. The summed E-state index contributed by atoms with van der Waals surface area (Å²) in [5.41, 5.74) is 2.74. The SMILES string of the molecule is CCC(C)c1ccc(NC2CCC(C)C2)cc1. The van der Waals surface area contributed by atoms with Crippen molar-refractivity contribution in [1.82, 2.24) is 0 Å². The number of anilines is 1. The van der Waals surface area contributed by atoms with Gasteiger partial charge in [-0.25, -0.2) is 0 Å². The van der Waals surface area contributed by atoms with Gasteiger partial charge >= 0.3 is 0 Å². The second kappa shape index (κ2) is 5.57. The molecule has 1 aliphatic rings. The van der Waals surface area contributed by atoms with Crippen molar-refractivity contribution in [3.8, 4) is 0 Å². The monoisotopic (exact) mass is 231 g/mol. The van der Waals surface area contributed by atoms with Gasteiger partial charge in [-0.2, -0.15) is 0 Å². The van der Waals surface area contributed by atoms with Crippen molar-refractivity contribution in [2.24, 2.45) is 5.92 Å². The summed E-state index contributed by atoms with van der Waals surface area (Å²) in [6.45, 7) is 6.89. The molecule has 0 aromatic heterocycles. The van der Waals surface area contributed by atoms with Gasteiger partial charge in [-0.1, -0.05) is 32.9 Å². The molecular weight excluding hydrogens is 206 g/mol. The van der Waals surface area contributed by atoms with Crippen molar-refractivity contribution in [2.45, 2.75) is 58.4 Å². The minimum atomic E-state index is 0.676. The number of hydrogen-bond acceptors (Lipinski definition) is 1. The number of benzene rings is 1. The lowest BCUT2D eigenvalue weighted by Crippen LogP contribution is -2.15. The Bertz CT molecular complexity index is 341. The van der Waals surface area contributed by atoms with Gasteiger partial charge in [-0.05, 0) is 55.2 Å². The van der Waals surface area contributed by atoms with Gasteiger partial charge < -0.3 is 5.32 Å². The second-order valence-electron chi connectivity index (χ2n) is 5.69. The molecule has 1 fully saturated rings. The van der Waals surface area contributed by atoms with Crippen molar-refractivity contribution < 1.29 is 0 Å². The van der Waals surface area contributed by atoms with Gasteiger partial charge in [-0.3, -0.25) is 0 Å². The summed E-state index contributed by atoms with van der Waals surface area (Å²) in [5.74, 6) is 1.57. The van der Waals surface area contributed by atoms with Crippen LogP contribution in [0, 0.1) is 5.92 Å². The Balaban J connectivity index is 1.94. The first kappa shape index (κ1) is 12.5. The van der Waals surface area contributed by atoms with Crippen molar-refractivity contribution in [3.05, 3.63) is 29.8 Å².